The van der Waals surface area contributed by atoms with Crippen LogP contribution < -0.4 is 17.2 Å². The van der Waals surface area contributed by atoms with Crippen LogP contribution in [0, 0.1) is 6.92 Å². The summed E-state index contributed by atoms with van der Waals surface area (Å²) in [7, 11) is 0. The van der Waals surface area contributed by atoms with Crippen LogP contribution in [-0.4, -0.2) is 17.7 Å². The number of hydrogen-bond acceptors (Lipinski definition) is 2. The highest BCUT2D eigenvalue weighted by atomic mass is 16.1. The van der Waals surface area contributed by atoms with Gasteiger partial charge in [0.05, 0.1) is 5.69 Å². The van der Waals surface area contributed by atoms with Crippen molar-refractivity contribution >= 4 is 23.4 Å². The van der Waals surface area contributed by atoms with Gasteiger partial charge >= 0.3 is 0 Å². The molecule has 0 radical (unpaired) electrons. The first-order valence-corrected chi connectivity index (χ1v) is 6.61. The summed E-state index contributed by atoms with van der Waals surface area (Å²) in [6, 6.07) is 14.2. The molecular formula is C16H17N5O. The molecule has 0 saturated heterocycles. The van der Waals surface area contributed by atoms with E-state index in [9.17, 15) is 4.79 Å². The smallest absolute Gasteiger partial charge is 0.223 e. The van der Waals surface area contributed by atoms with E-state index < -0.39 is 0 Å². The summed E-state index contributed by atoms with van der Waals surface area (Å²) in [5.74, 6) is -0.440. The molecule has 6 N–H and O–H groups in total. The molecule has 0 spiro atoms. The first kappa shape index (κ1) is 15.2. The lowest BCUT2D eigenvalue weighted by Crippen LogP contribution is -2.26. The average molecular weight is 295 g/mol. The quantitative estimate of drug-likeness (QED) is 0.451. The third-order valence-electron chi connectivity index (χ3n) is 2.94. The molecule has 0 aromatic heterocycles. The Morgan fingerprint density at radius 2 is 1.59 bits per heavy atom. The SMILES string of the molecule is Cc1ccc(C(=O)c2ccccc2N=C(N)N=C(N)N)cc1. The number of guanidine groups is 2. The highest BCUT2D eigenvalue weighted by Crippen LogP contribution is 2.22. The van der Waals surface area contributed by atoms with Crippen molar-refractivity contribution in [3.8, 4) is 0 Å². The maximum absolute atomic E-state index is 12.6. The van der Waals surface area contributed by atoms with Gasteiger partial charge in [0.25, 0.3) is 0 Å². The molecule has 0 amide bonds. The zero-order chi connectivity index (χ0) is 16.1. The van der Waals surface area contributed by atoms with Crippen LogP contribution in [0.1, 0.15) is 21.5 Å². The molecule has 6 heteroatoms. The molecule has 0 heterocycles. The van der Waals surface area contributed by atoms with Crippen molar-refractivity contribution in [2.45, 2.75) is 6.92 Å². The van der Waals surface area contributed by atoms with Gasteiger partial charge in [-0.2, -0.15) is 4.99 Å². The van der Waals surface area contributed by atoms with Crippen LogP contribution in [0.15, 0.2) is 58.5 Å². The Morgan fingerprint density at radius 1 is 0.955 bits per heavy atom. The molecule has 0 aliphatic carbocycles. The second kappa shape index (κ2) is 6.53. The van der Waals surface area contributed by atoms with Crippen LogP contribution in [0.5, 0.6) is 0 Å². The standard InChI is InChI=1S/C16H17N5O/c1-10-6-8-11(9-7-10)14(22)12-4-2-3-5-13(12)20-16(19)21-15(17)18/h2-9H,1H3,(H6,17,18,19,20,21). The largest absolute Gasteiger partial charge is 0.370 e. The first-order valence-electron chi connectivity index (χ1n) is 6.61. The molecule has 0 aliphatic rings. The van der Waals surface area contributed by atoms with E-state index in [1.54, 1.807) is 36.4 Å². The third kappa shape index (κ3) is 3.69. The molecule has 2 aromatic carbocycles. The molecular weight excluding hydrogens is 278 g/mol. The Hall–Kier alpha value is -3.15. The highest BCUT2D eigenvalue weighted by molar-refractivity contribution is 6.12. The van der Waals surface area contributed by atoms with E-state index in [1.807, 2.05) is 19.1 Å². The maximum atomic E-state index is 12.6. The molecule has 0 atom stereocenters. The van der Waals surface area contributed by atoms with Gasteiger partial charge in [-0.3, -0.25) is 4.79 Å². The minimum Gasteiger partial charge on any atom is -0.370 e. The van der Waals surface area contributed by atoms with Crippen molar-refractivity contribution < 1.29 is 4.79 Å². The lowest BCUT2D eigenvalue weighted by Gasteiger charge is -2.05. The molecule has 0 aliphatic heterocycles. The van der Waals surface area contributed by atoms with Gasteiger partial charge in [0.1, 0.15) is 0 Å². The number of benzene rings is 2. The van der Waals surface area contributed by atoms with Crippen LogP contribution in [0.3, 0.4) is 0 Å². The lowest BCUT2D eigenvalue weighted by atomic mass is 10.0. The van der Waals surface area contributed by atoms with E-state index >= 15 is 0 Å². The number of aliphatic imine (C=N–C) groups is 2. The van der Waals surface area contributed by atoms with Crippen molar-refractivity contribution in [1.82, 2.24) is 0 Å². The lowest BCUT2D eigenvalue weighted by molar-refractivity contribution is 0.103. The number of carbonyl (C=O) groups excluding carboxylic acids is 1. The van der Waals surface area contributed by atoms with Crippen LogP contribution in [0.2, 0.25) is 0 Å². The number of carbonyl (C=O) groups is 1. The minimum absolute atomic E-state index is 0.107. The van der Waals surface area contributed by atoms with Crippen LogP contribution in [0.25, 0.3) is 0 Å². The van der Waals surface area contributed by atoms with Crippen LogP contribution >= 0.6 is 0 Å². The normalized spacial score (nSPS) is 11.0. The van der Waals surface area contributed by atoms with Gasteiger partial charge < -0.3 is 17.2 Å². The number of nitrogens with two attached hydrogens (primary N) is 3. The number of aryl methyl sites for hydroxylation is 1. The summed E-state index contributed by atoms with van der Waals surface area (Å²) in [4.78, 5) is 20.3. The fraction of sp³-hybridized carbons (Fsp3) is 0.0625. The topological polar surface area (TPSA) is 120 Å². The van der Waals surface area contributed by atoms with E-state index in [0.717, 1.165) is 5.56 Å². The van der Waals surface area contributed by atoms with Gasteiger partial charge in [-0.05, 0) is 19.1 Å². The van der Waals surface area contributed by atoms with Crippen molar-refractivity contribution in [3.05, 3.63) is 65.2 Å². The molecule has 2 aromatic rings. The number of rotatable bonds is 3. The molecule has 2 rings (SSSR count). The summed E-state index contributed by atoms with van der Waals surface area (Å²) in [6.45, 7) is 1.96. The van der Waals surface area contributed by atoms with E-state index in [-0.39, 0.29) is 17.7 Å². The summed E-state index contributed by atoms with van der Waals surface area (Å²) >= 11 is 0. The Bertz CT molecular complexity index is 743. The van der Waals surface area contributed by atoms with Gasteiger partial charge in [-0.25, -0.2) is 4.99 Å². The second-order valence-corrected chi connectivity index (χ2v) is 4.72. The first-order chi connectivity index (χ1) is 10.5. The number of para-hydroxylation sites is 1. The van der Waals surface area contributed by atoms with Crippen LogP contribution in [0.4, 0.5) is 5.69 Å². The zero-order valence-electron chi connectivity index (χ0n) is 12.2. The third-order valence-corrected chi connectivity index (χ3v) is 2.94. The van der Waals surface area contributed by atoms with E-state index in [2.05, 4.69) is 9.98 Å². The minimum atomic E-state index is -0.191. The number of hydrogen-bond donors (Lipinski definition) is 3. The Labute approximate surface area is 128 Å². The second-order valence-electron chi connectivity index (χ2n) is 4.72. The molecule has 22 heavy (non-hydrogen) atoms. The maximum Gasteiger partial charge on any atom is 0.223 e. The summed E-state index contributed by atoms with van der Waals surface area (Å²) in [5.41, 5.74) is 18.6. The van der Waals surface area contributed by atoms with E-state index in [4.69, 9.17) is 17.2 Å². The molecule has 0 bridgehead atoms. The predicted molar refractivity (Wildman–Crippen MR) is 88.1 cm³/mol. The van der Waals surface area contributed by atoms with Crippen LogP contribution in [-0.2, 0) is 0 Å². The fourth-order valence-corrected chi connectivity index (χ4v) is 1.90. The van der Waals surface area contributed by atoms with Gasteiger partial charge in [0.2, 0.25) is 5.96 Å². The van der Waals surface area contributed by atoms with E-state index in [0.29, 0.717) is 16.8 Å². The Morgan fingerprint density at radius 3 is 2.23 bits per heavy atom. The molecule has 6 nitrogen and oxygen atoms in total. The van der Waals surface area contributed by atoms with Gasteiger partial charge in [-0.15, -0.1) is 0 Å². The molecule has 112 valence electrons. The number of ketones is 1. The van der Waals surface area contributed by atoms with E-state index in [1.165, 1.54) is 0 Å². The van der Waals surface area contributed by atoms with Crippen molar-refractivity contribution in [2.75, 3.05) is 0 Å². The summed E-state index contributed by atoms with van der Waals surface area (Å²) in [6.07, 6.45) is 0. The van der Waals surface area contributed by atoms with Gasteiger partial charge in [0.15, 0.2) is 11.7 Å². The molecule has 0 fully saturated rings. The molecule has 0 saturated carbocycles. The summed E-state index contributed by atoms with van der Waals surface area (Å²) in [5, 5.41) is 0. The van der Waals surface area contributed by atoms with Gasteiger partial charge in [0, 0.05) is 11.1 Å². The Kier molecular flexibility index (Phi) is 4.53. The molecule has 0 unspecified atom stereocenters. The zero-order valence-corrected chi connectivity index (χ0v) is 12.2. The van der Waals surface area contributed by atoms with Crippen molar-refractivity contribution in [2.24, 2.45) is 27.2 Å². The highest BCUT2D eigenvalue weighted by Gasteiger charge is 2.13. The monoisotopic (exact) mass is 295 g/mol. The average Bonchev–Trinajstić information content (AvgIpc) is 2.47. The van der Waals surface area contributed by atoms with Crippen molar-refractivity contribution in [1.29, 1.82) is 0 Å². The summed E-state index contributed by atoms with van der Waals surface area (Å²) < 4.78 is 0. The van der Waals surface area contributed by atoms with Gasteiger partial charge in [-0.1, -0.05) is 42.0 Å². The van der Waals surface area contributed by atoms with Crippen molar-refractivity contribution in [3.63, 3.8) is 0 Å². The fourth-order valence-electron chi connectivity index (χ4n) is 1.90. The Balaban J connectivity index is 2.42. The predicted octanol–water partition coefficient (Wildman–Crippen LogP) is 1.45. The number of nitrogens with zero attached hydrogens (tertiary/aromatic N) is 2.